The van der Waals surface area contributed by atoms with E-state index in [2.05, 4.69) is 29.4 Å². The summed E-state index contributed by atoms with van der Waals surface area (Å²) < 4.78 is 11.0. The van der Waals surface area contributed by atoms with E-state index in [9.17, 15) is 4.79 Å². The highest BCUT2D eigenvalue weighted by Gasteiger charge is 2.14. The Morgan fingerprint density at radius 1 is 1.18 bits per heavy atom. The molecule has 0 saturated carbocycles. The van der Waals surface area contributed by atoms with Crippen LogP contribution in [0.15, 0.2) is 57.9 Å². The Hall–Kier alpha value is -2.73. The Morgan fingerprint density at radius 2 is 1.93 bits per heavy atom. The van der Waals surface area contributed by atoms with Crippen molar-refractivity contribution in [2.45, 2.75) is 31.9 Å². The topological polar surface area (TPSA) is 55.6 Å². The molecular weight excluding hydrogens is 372 g/mol. The van der Waals surface area contributed by atoms with Gasteiger partial charge in [-0.15, -0.1) is 11.8 Å². The standard InChI is InChI=1S/C22H24N2O3S/c1-15-21(16(2)27-23-15)14-26-19-7-5-6-18(12-19)22(25)24(3)13-17-8-10-20(28-4)11-9-17/h5-12H,13-14H2,1-4H3. The van der Waals surface area contributed by atoms with Gasteiger partial charge in [-0.2, -0.15) is 0 Å². The average molecular weight is 397 g/mol. The van der Waals surface area contributed by atoms with E-state index >= 15 is 0 Å². The van der Waals surface area contributed by atoms with Crippen molar-refractivity contribution < 1.29 is 14.1 Å². The highest BCUT2D eigenvalue weighted by atomic mass is 32.2. The molecule has 1 amide bonds. The number of amides is 1. The van der Waals surface area contributed by atoms with Crippen molar-refractivity contribution in [3.05, 3.63) is 76.7 Å². The molecule has 0 radical (unpaired) electrons. The Labute approximate surface area is 169 Å². The van der Waals surface area contributed by atoms with Crippen molar-refractivity contribution >= 4 is 17.7 Å². The van der Waals surface area contributed by atoms with Crippen molar-refractivity contribution in [2.75, 3.05) is 13.3 Å². The molecule has 0 N–H and O–H groups in total. The summed E-state index contributed by atoms with van der Waals surface area (Å²) in [5, 5.41) is 3.93. The first-order valence-electron chi connectivity index (χ1n) is 9.01. The third-order valence-corrected chi connectivity index (χ3v) is 5.31. The first-order chi connectivity index (χ1) is 13.5. The number of nitrogens with zero attached hydrogens (tertiary/aromatic N) is 2. The summed E-state index contributed by atoms with van der Waals surface area (Å²) in [5.74, 6) is 1.34. The number of aromatic nitrogens is 1. The van der Waals surface area contributed by atoms with Crippen LogP contribution in [0.25, 0.3) is 0 Å². The lowest BCUT2D eigenvalue weighted by molar-refractivity contribution is 0.0784. The molecule has 0 saturated heterocycles. The molecular formula is C22H24N2O3S. The molecule has 0 unspecified atom stereocenters. The van der Waals surface area contributed by atoms with Crippen LogP contribution in [-0.4, -0.2) is 29.3 Å². The molecule has 0 aliphatic rings. The average Bonchev–Trinajstić information content (AvgIpc) is 3.04. The van der Waals surface area contributed by atoms with Gasteiger partial charge in [0.05, 0.1) is 11.3 Å². The summed E-state index contributed by atoms with van der Waals surface area (Å²) in [6.45, 7) is 4.66. The Balaban J connectivity index is 1.65. The van der Waals surface area contributed by atoms with Crippen molar-refractivity contribution in [1.82, 2.24) is 10.1 Å². The van der Waals surface area contributed by atoms with E-state index in [4.69, 9.17) is 9.26 Å². The Bertz CT molecular complexity index is 931. The number of ether oxygens (including phenoxy) is 1. The van der Waals surface area contributed by atoms with Crippen LogP contribution in [0.4, 0.5) is 0 Å². The second-order valence-corrected chi connectivity index (χ2v) is 7.51. The molecule has 0 aliphatic heterocycles. The van der Waals surface area contributed by atoms with Gasteiger partial charge < -0.3 is 14.2 Å². The molecule has 0 atom stereocenters. The van der Waals surface area contributed by atoms with Crippen LogP contribution in [0.1, 0.15) is 32.9 Å². The quantitative estimate of drug-likeness (QED) is 0.534. The summed E-state index contributed by atoms with van der Waals surface area (Å²) in [6.07, 6.45) is 2.05. The van der Waals surface area contributed by atoms with E-state index in [0.29, 0.717) is 24.5 Å². The first-order valence-corrected chi connectivity index (χ1v) is 10.2. The maximum absolute atomic E-state index is 12.8. The van der Waals surface area contributed by atoms with Gasteiger partial charge in [-0.1, -0.05) is 23.4 Å². The molecule has 28 heavy (non-hydrogen) atoms. The molecule has 6 heteroatoms. The summed E-state index contributed by atoms with van der Waals surface area (Å²) in [5.41, 5.74) is 3.44. The molecule has 2 aromatic carbocycles. The second-order valence-electron chi connectivity index (χ2n) is 6.63. The van der Waals surface area contributed by atoms with Gasteiger partial charge >= 0.3 is 0 Å². The van der Waals surface area contributed by atoms with Gasteiger partial charge in [0.1, 0.15) is 18.1 Å². The Kier molecular flexibility index (Phi) is 6.41. The van der Waals surface area contributed by atoms with Crippen LogP contribution in [0.5, 0.6) is 5.75 Å². The minimum absolute atomic E-state index is 0.0447. The summed E-state index contributed by atoms with van der Waals surface area (Å²) in [7, 11) is 1.81. The lowest BCUT2D eigenvalue weighted by atomic mass is 10.1. The van der Waals surface area contributed by atoms with Crippen molar-refractivity contribution in [1.29, 1.82) is 0 Å². The van der Waals surface area contributed by atoms with Crippen molar-refractivity contribution in [3.63, 3.8) is 0 Å². The maximum Gasteiger partial charge on any atom is 0.254 e. The lowest BCUT2D eigenvalue weighted by Crippen LogP contribution is -2.26. The molecule has 3 rings (SSSR count). The SMILES string of the molecule is CSc1ccc(CN(C)C(=O)c2cccc(OCc3c(C)noc3C)c2)cc1. The fraction of sp³-hybridized carbons (Fsp3) is 0.273. The molecule has 146 valence electrons. The number of rotatable bonds is 7. The zero-order valence-corrected chi connectivity index (χ0v) is 17.4. The van der Waals surface area contributed by atoms with E-state index < -0.39 is 0 Å². The van der Waals surface area contributed by atoms with Gasteiger partial charge in [0.25, 0.3) is 5.91 Å². The van der Waals surface area contributed by atoms with Gasteiger partial charge in [0, 0.05) is 24.1 Å². The van der Waals surface area contributed by atoms with E-state index in [1.165, 1.54) is 4.90 Å². The number of hydrogen-bond donors (Lipinski definition) is 0. The minimum Gasteiger partial charge on any atom is -0.489 e. The van der Waals surface area contributed by atoms with Crippen molar-refractivity contribution in [3.8, 4) is 5.75 Å². The fourth-order valence-electron chi connectivity index (χ4n) is 2.88. The maximum atomic E-state index is 12.8. The minimum atomic E-state index is -0.0447. The fourth-order valence-corrected chi connectivity index (χ4v) is 3.29. The van der Waals surface area contributed by atoms with Crippen molar-refractivity contribution in [2.24, 2.45) is 0 Å². The van der Waals surface area contributed by atoms with Crippen LogP contribution in [0, 0.1) is 13.8 Å². The number of hydrogen-bond acceptors (Lipinski definition) is 5. The predicted molar refractivity (Wildman–Crippen MR) is 111 cm³/mol. The van der Waals surface area contributed by atoms with E-state index in [-0.39, 0.29) is 5.91 Å². The van der Waals surface area contributed by atoms with Gasteiger partial charge in [-0.25, -0.2) is 0 Å². The van der Waals surface area contributed by atoms with Gasteiger partial charge in [-0.05, 0) is 56.0 Å². The molecule has 3 aromatic rings. The normalized spacial score (nSPS) is 10.7. The van der Waals surface area contributed by atoms with E-state index in [1.54, 1.807) is 28.8 Å². The van der Waals surface area contributed by atoms with Crippen LogP contribution >= 0.6 is 11.8 Å². The third kappa shape index (κ3) is 4.75. The summed E-state index contributed by atoms with van der Waals surface area (Å²) in [4.78, 5) is 15.7. The monoisotopic (exact) mass is 396 g/mol. The molecule has 0 spiro atoms. The second kappa shape index (κ2) is 8.97. The molecule has 0 bridgehead atoms. The van der Waals surface area contributed by atoms with Gasteiger partial charge in [-0.3, -0.25) is 4.79 Å². The largest absolute Gasteiger partial charge is 0.489 e. The molecule has 5 nitrogen and oxygen atoms in total. The van der Waals surface area contributed by atoms with Crippen LogP contribution in [-0.2, 0) is 13.2 Å². The number of benzene rings is 2. The van der Waals surface area contributed by atoms with Crippen LogP contribution in [0.2, 0.25) is 0 Å². The molecule has 0 fully saturated rings. The first kappa shape index (κ1) is 20.0. The smallest absolute Gasteiger partial charge is 0.254 e. The number of carbonyl (C=O) groups excluding carboxylic acids is 1. The summed E-state index contributed by atoms with van der Waals surface area (Å²) >= 11 is 1.70. The number of aryl methyl sites for hydroxylation is 2. The summed E-state index contributed by atoms with van der Waals surface area (Å²) in [6, 6.07) is 15.5. The number of thioether (sulfide) groups is 1. The number of carbonyl (C=O) groups is 1. The third-order valence-electron chi connectivity index (χ3n) is 4.57. The Morgan fingerprint density at radius 3 is 2.57 bits per heavy atom. The zero-order chi connectivity index (χ0) is 20.1. The molecule has 0 aliphatic carbocycles. The zero-order valence-electron chi connectivity index (χ0n) is 16.6. The lowest BCUT2D eigenvalue weighted by Gasteiger charge is -2.18. The van der Waals surface area contributed by atoms with Crippen LogP contribution in [0.3, 0.4) is 0 Å². The molecule has 1 aromatic heterocycles. The predicted octanol–water partition coefficient (Wildman–Crippen LogP) is 4.86. The van der Waals surface area contributed by atoms with Gasteiger partial charge in [0.15, 0.2) is 0 Å². The highest BCUT2D eigenvalue weighted by Crippen LogP contribution is 2.20. The highest BCUT2D eigenvalue weighted by molar-refractivity contribution is 7.98. The van der Waals surface area contributed by atoms with Crippen LogP contribution < -0.4 is 4.74 Å². The van der Waals surface area contributed by atoms with Gasteiger partial charge in [0.2, 0.25) is 0 Å². The van der Waals surface area contributed by atoms with E-state index in [1.807, 2.05) is 39.3 Å². The molecule has 1 heterocycles. The van der Waals surface area contributed by atoms with E-state index in [0.717, 1.165) is 22.6 Å².